The molecule has 0 bridgehead atoms. The van der Waals surface area contributed by atoms with Gasteiger partial charge in [-0.1, -0.05) is 13.0 Å². The lowest BCUT2D eigenvalue weighted by Gasteiger charge is -2.22. The number of hydrogen-bond acceptors (Lipinski definition) is 4. The van der Waals surface area contributed by atoms with Gasteiger partial charge in [-0.25, -0.2) is 8.42 Å². The zero-order chi connectivity index (χ0) is 17.8. The maximum absolute atomic E-state index is 12.6. The predicted octanol–water partition coefficient (Wildman–Crippen LogP) is 2.24. The average Bonchev–Trinajstić information content (AvgIpc) is 2.48. The Balaban J connectivity index is 0.00000529. The number of hydrogen-bond donors (Lipinski definition) is 2. The minimum atomic E-state index is -3.57. The van der Waals surface area contributed by atoms with Crippen molar-refractivity contribution in [3.05, 3.63) is 23.8 Å². The van der Waals surface area contributed by atoms with E-state index in [9.17, 15) is 13.2 Å². The lowest BCUT2D eigenvalue weighted by atomic mass is 10.1. The Morgan fingerprint density at radius 2 is 1.83 bits per heavy atom. The number of aryl methyl sites for hydroxylation is 1. The van der Waals surface area contributed by atoms with Crippen LogP contribution in [0.1, 0.15) is 26.3 Å². The number of carbonyl (C=O) groups excluding carboxylic acids is 1. The third-order valence-corrected chi connectivity index (χ3v) is 5.86. The van der Waals surface area contributed by atoms with E-state index in [1.807, 2.05) is 27.7 Å². The van der Waals surface area contributed by atoms with Gasteiger partial charge in [-0.15, -0.1) is 12.4 Å². The summed E-state index contributed by atoms with van der Waals surface area (Å²) in [6, 6.07) is 4.65. The first-order valence-corrected chi connectivity index (χ1v) is 9.09. The molecule has 0 aromatic heterocycles. The molecular formula is C16H28ClN3O3S. The molecule has 1 aromatic carbocycles. The van der Waals surface area contributed by atoms with Crippen LogP contribution in [-0.4, -0.2) is 45.3 Å². The van der Waals surface area contributed by atoms with Crippen molar-refractivity contribution in [3.8, 4) is 0 Å². The molecule has 0 saturated heterocycles. The number of nitrogens with zero attached hydrogens (tertiary/aromatic N) is 1. The highest BCUT2D eigenvalue weighted by Gasteiger charge is 2.24. The Morgan fingerprint density at radius 3 is 2.33 bits per heavy atom. The average molecular weight is 378 g/mol. The summed E-state index contributed by atoms with van der Waals surface area (Å²) in [5.74, 6) is -0.354. The monoisotopic (exact) mass is 377 g/mol. The number of anilines is 1. The molecule has 0 radical (unpaired) electrons. The largest absolute Gasteiger partial charge is 0.326 e. The molecule has 138 valence electrons. The topological polar surface area (TPSA) is 78.5 Å². The standard InChI is InChI=1S/C16H27N3O3S.ClH/c1-11(2)19(6)23(21,22)14-8-7-12(3)15(9-14)18-16(20)13(4)10-17-5;/h7-9,11,13,17H,10H2,1-6H3,(H,18,20);1H. The van der Waals surface area contributed by atoms with Crippen LogP contribution >= 0.6 is 12.4 Å². The second-order valence-corrected chi connectivity index (χ2v) is 8.04. The molecule has 1 rings (SSSR count). The Bertz CT molecular complexity index is 663. The van der Waals surface area contributed by atoms with E-state index in [-0.39, 0.29) is 35.2 Å². The van der Waals surface area contributed by atoms with E-state index in [0.717, 1.165) is 5.56 Å². The fraction of sp³-hybridized carbons (Fsp3) is 0.562. The highest BCUT2D eigenvalue weighted by Crippen LogP contribution is 2.23. The van der Waals surface area contributed by atoms with Crippen LogP contribution in [-0.2, 0) is 14.8 Å². The number of amides is 1. The SMILES string of the molecule is CNCC(C)C(=O)Nc1cc(S(=O)(=O)N(C)C(C)C)ccc1C.Cl. The second-order valence-electron chi connectivity index (χ2n) is 6.04. The van der Waals surface area contributed by atoms with Crippen LogP contribution in [0.25, 0.3) is 0 Å². The lowest BCUT2D eigenvalue weighted by Crippen LogP contribution is -2.33. The van der Waals surface area contributed by atoms with Crippen molar-refractivity contribution in [2.45, 2.75) is 38.6 Å². The van der Waals surface area contributed by atoms with Crippen molar-refractivity contribution in [2.24, 2.45) is 5.92 Å². The van der Waals surface area contributed by atoms with Gasteiger partial charge in [0.1, 0.15) is 0 Å². The van der Waals surface area contributed by atoms with Crippen LogP contribution in [0, 0.1) is 12.8 Å². The van der Waals surface area contributed by atoms with Gasteiger partial charge in [-0.3, -0.25) is 4.79 Å². The Kier molecular flexibility index (Phi) is 8.91. The maximum atomic E-state index is 12.6. The van der Waals surface area contributed by atoms with Gasteiger partial charge in [0, 0.05) is 31.2 Å². The third kappa shape index (κ3) is 5.44. The normalized spacial score (nSPS) is 12.8. The fourth-order valence-corrected chi connectivity index (χ4v) is 3.39. The molecule has 0 heterocycles. The summed E-state index contributed by atoms with van der Waals surface area (Å²) in [6.07, 6.45) is 0. The molecule has 2 N–H and O–H groups in total. The van der Waals surface area contributed by atoms with Gasteiger partial charge in [-0.05, 0) is 45.5 Å². The second kappa shape index (κ2) is 9.36. The van der Waals surface area contributed by atoms with Crippen LogP contribution < -0.4 is 10.6 Å². The molecule has 24 heavy (non-hydrogen) atoms. The molecule has 0 fully saturated rings. The van der Waals surface area contributed by atoms with Crippen molar-refractivity contribution in [1.82, 2.24) is 9.62 Å². The van der Waals surface area contributed by atoms with Gasteiger partial charge < -0.3 is 10.6 Å². The van der Waals surface area contributed by atoms with E-state index in [1.54, 1.807) is 26.2 Å². The van der Waals surface area contributed by atoms with Gasteiger partial charge in [-0.2, -0.15) is 4.31 Å². The number of carbonyl (C=O) groups is 1. The molecule has 1 unspecified atom stereocenters. The molecule has 8 heteroatoms. The molecule has 0 aliphatic carbocycles. The summed E-state index contributed by atoms with van der Waals surface area (Å²) in [6.45, 7) is 7.83. The zero-order valence-electron chi connectivity index (χ0n) is 15.1. The summed E-state index contributed by atoms with van der Waals surface area (Å²) >= 11 is 0. The first-order valence-electron chi connectivity index (χ1n) is 7.65. The number of sulfonamides is 1. The summed E-state index contributed by atoms with van der Waals surface area (Å²) < 4.78 is 26.4. The zero-order valence-corrected chi connectivity index (χ0v) is 16.7. The van der Waals surface area contributed by atoms with Crippen LogP contribution in [0.2, 0.25) is 0 Å². The molecular weight excluding hydrogens is 350 g/mol. The highest BCUT2D eigenvalue weighted by molar-refractivity contribution is 7.89. The minimum absolute atomic E-state index is 0. The van der Waals surface area contributed by atoms with E-state index in [1.165, 1.54) is 10.4 Å². The first-order chi connectivity index (χ1) is 10.6. The molecule has 1 aromatic rings. The predicted molar refractivity (Wildman–Crippen MR) is 100 cm³/mol. The third-order valence-electron chi connectivity index (χ3n) is 3.83. The number of rotatable bonds is 7. The van der Waals surface area contributed by atoms with Crippen LogP contribution in [0.5, 0.6) is 0 Å². The molecule has 1 atom stereocenters. The summed E-state index contributed by atoms with van der Waals surface area (Å²) in [4.78, 5) is 12.3. The Labute approximate surface area is 151 Å². The number of benzene rings is 1. The smallest absolute Gasteiger partial charge is 0.243 e. The van der Waals surface area contributed by atoms with E-state index < -0.39 is 10.0 Å². The van der Waals surface area contributed by atoms with Crippen molar-refractivity contribution in [3.63, 3.8) is 0 Å². The van der Waals surface area contributed by atoms with Gasteiger partial charge in [0.2, 0.25) is 15.9 Å². The van der Waals surface area contributed by atoms with Crippen molar-refractivity contribution < 1.29 is 13.2 Å². The van der Waals surface area contributed by atoms with Gasteiger partial charge in [0.25, 0.3) is 0 Å². The van der Waals surface area contributed by atoms with Crippen molar-refractivity contribution >= 4 is 34.0 Å². The van der Waals surface area contributed by atoms with E-state index in [4.69, 9.17) is 0 Å². The van der Waals surface area contributed by atoms with Crippen LogP contribution in [0.3, 0.4) is 0 Å². The summed E-state index contributed by atoms with van der Waals surface area (Å²) in [5.41, 5.74) is 1.34. The fourth-order valence-electron chi connectivity index (χ4n) is 1.99. The van der Waals surface area contributed by atoms with Crippen LogP contribution in [0.4, 0.5) is 5.69 Å². The van der Waals surface area contributed by atoms with Gasteiger partial charge in [0.05, 0.1) is 4.90 Å². The molecule has 0 aliphatic rings. The van der Waals surface area contributed by atoms with Gasteiger partial charge in [0.15, 0.2) is 0 Å². The molecule has 0 aliphatic heterocycles. The molecule has 0 saturated carbocycles. The van der Waals surface area contributed by atoms with Crippen LogP contribution in [0.15, 0.2) is 23.1 Å². The first kappa shape index (κ1) is 22.9. The van der Waals surface area contributed by atoms with Crippen molar-refractivity contribution in [1.29, 1.82) is 0 Å². The molecule has 1 amide bonds. The minimum Gasteiger partial charge on any atom is -0.326 e. The Morgan fingerprint density at radius 1 is 1.25 bits per heavy atom. The number of halogens is 1. The number of nitrogens with one attached hydrogen (secondary N) is 2. The van der Waals surface area contributed by atoms with Gasteiger partial charge >= 0.3 is 0 Å². The van der Waals surface area contributed by atoms with E-state index in [2.05, 4.69) is 10.6 Å². The summed E-state index contributed by atoms with van der Waals surface area (Å²) in [7, 11) is -0.244. The quantitative estimate of drug-likeness (QED) is 0.763. The van der Waals surface area contributed by atoms with Crippen molar-refractivity contribution in [2.75, 3.05) is 26.0 Å². The molecule has 0 spiro atoms. The highest BCUT2D eigenvalue weighted by atomic mass is 35.5. The lowest BCUT2D eigenvalue weighted by molar-refractivity contribution is -0.119. The van der Waals surface area contributed by atoms with E-state index in [0.29, 0.717) is 12.2 Å². The maximum Gasteiger partial charge on any atom is 0.243 e. The van der Waals surface area contributed by atoms with E-state index >= 15 is 0 Å². The molecule has 6 nitrogen and oxygen atoms in total. The Hall–Kier alpha value is -1.15. The summed E-state index contributed by atoms with van der Waals surface area (Å²) in [5, 5.41) is 5.76.